The zero-order valence-corrected chi connectivity index (χ0v) is 11.1. The second-order valence-corrected chi connectivity index (χ2v) is 4.40. The molecule has 7 heteroatoms. The van der Waals surface area contributed by atoms with Gasteiger partial charge in [-0.05, 0) is 20.8 Å². The SMILES string of the molecule is CNC(=O)OCOC(=O)CCC(=O)OC(C)(C)C. The maximum atomic E-state index is 11.3. The molecule has 104 valence electrons. The van der Waals surface area contributed by atoms with Gasteiger partial charge in [0.2, 0.25) is 6.79 Å². The summed E-state index contributed by atoms with van der Waals surface area (Å²) in [5, 5.41) is 2.19. The maximum Gasteiger partial charge on any atom is 0.409 e. The van der Waals surface area contributed by atoms with E-state index < -0.39 is 30.4 Å². The molecular formula is C11H19NO6. The number of alkyl carbamates (subject to hydrolysis) is 1. The molecule has 1 N–H and O–H groups in total. The van der Waals surface area contributed by atoms with Crippen molar-refractivity contribution in [1.82, 2.24) is 5.32 Å². The average molecular weight is 261 g/mol. The minimum Gasteiger partial charge on any atom is -0.460 e. The van der Waals surface area contributed by atoms with Gasteiger partial charge < -0.3 is 19.5 Å². The molecule has 1 amide bonds. The fourth-order valence-corrected chi connectivity index (χ4v) is 0.890. The van der Waals surface area contributed by atoms with E-state index in [1.807, 2.05) is 0 Å². The van der Waals surface area contributed by atoms with E-state index in [2.05, 4.69) is 14.8 Å². The fraction of sp³-hybridized carbons (Fsp3) is 0.727. The third-order valence-electron chi connectivity index (χ3n) is 1.57. The quantitative estimate of drug-likeness (QED) is 0.585. The van der Waals surface area contributed by atoms with Crippen LogP contribution in [-0.2, 0) is 23.8 Å². The normalized spacial score (nSPS) is 10.4. The first-order valence-electron chi connectivity index (χ1n) is 5.46. The smallest absolute Gasteiger partial charge is 0.409 e. The molecule has 0 unspecified atom stereocenters. The van der Waals surface area contributed by atoms with Crippen LogP contribution in [0.15, 0.2) is 0 Å². The number of esters is 2. The van der Waals surface area contributed by atoms with Crippen LogP contribution in [-0.4, -0.2) is 37.5 Å². The first-order valence-corrected chi connectivity index (χ1v) is 5.46. The molecule has 0 saturated carbocycles. The molecule has 0 aromatic heterocycles. The number of rotatable bonds is 5. The van der Waals surface area contributed by atoms with Crippen molar-refractivity contribution < 1.29 is 28.6 Å². The molecule has 18 heavy (non-hydrogen) atoms. The Morgan fingerprint density at radius 3 is 2.06 bits per heavy atom. The molecule has 0 aromatic rings. The highest BCUT2D eigenvalue weighted by Gasteiger charge is 2.17. The van der Waals surface area contributed by atoms with Crippen LogP contribution in [0, 0.1) is 0 Å². The molecular weight excluding hydrogens is 242 g/mol. The molecule has 0 bridgehead atoms. The third-order valence-corrected chi connectivity index (χ3v) is 1.57. The number of carbonyl (C=O) groups is 3. The van der Waals surface area contributed by atoms with Crippen LogP contribution in [0.5, 0.6) is 0 Å². The molecule has 0 saturated heterocycles. The summed E-state index contributed by atoms with van der Waals surface area (Å²) >= 11 is 0. The Hall–Kier alpha value is -1.79. The van der Waals surface area contributed by atoms with E-state index in [1.165, 1.54) is 7.05 Å². The van der Waals surface area contributed by atoms with Crippen molar-refractivity contribution in [3.8, 4) is 0 Å². The molecule has 0 spiro atoms. The number of carbonyl (C=O) groups excluding carboxylic acids is 3. The summed E-state index contributed by atoms with van der Waals surface area (Å²) in [5.74, 6) is -1.11. The zero-order valence-electron chi connectivity index (χ0n) is 11.1. The molecule has 0 atom stereocenters. The highest BCUT2D eigenvalue weighted by Crippen LogP contribution is 2.09. The Morgan fingerprint density at radius 1 is 1.00 bits per heavy atom. The van der Waals surface area contributed by atoms with Gasteiger partial charge in [0.1, 0.15) is 5.60 Å². The van der Waals surface area contributed by atoms with E-state index in [9.17, 15) is 14.4 Å². The summed E-state index contributed by atoms with van der Waals surface area (Å²) < 4.78 is 14.0. The standard InChI is InChI=1S/C11H19NO6/c1-11(2,3)18-9(14)6-5-8(13)16-7-17-10(15)12-4/h5-7H2,1-4H3,(H,12,15). The van der Waals surface area contributed by atoms with Gasteiger partial charge in [-0.3, -0.25) is 9.59 Å². The highest BCUT2D eigenvalue weighted by atomic mass is 16.7. The van der Waals surface area contributed by atoms with E-state index in [1.54, 1.807) is 20.8 Å². The second kappa shape index (κ2) is 7.52. The van der Waals surface area contributed by atoms with Crippen molar-refractivity contribution in [2.24, 2.45) is 0 Å². The van der Waals surface area contributed by atoms with Crippen molar-refractivity contribution >= 4 is 18.0 Å². The van der Waals surface area contributed by atoms with E-state index in [0.29, 0.717) is 0 Å². The van der Waals surface area contributed by atoms with Crippen LogP contribution in [0.4, 0.5) is 4.79 Å². The van der Waals surface area contributed by atoms with Crippen LogP contribution in [0.2, 0.25) is 0 Å². The van der Waals surface area contributed by atoms with Crippen LogP contribution in [0.1, 0.15) is 33.6 Å². The van der Waals surface area contributed by atoms with Gasteiger partial charge in [0.25, 0.3) is 0 Å². The fourth-order valence-electron chi connectivity index (χ4n) is 0.890. The molecule has 0 aliphatic heterocycles. The number of nitrogens with one attached hydrogen (secondary N) is 1. The van der Waals surface area contributed by atoms with Crippen molar-refractivity contribution in [2.45, 2.75) is 39.2 Å². The monoisotopic (exact) mass is 261 g/mol. The van der Waals surface area contributed by atoms with Crippen LogP contribution >= 0.6 is 0 Å². The van der Waals surface area contributed by atoms with Crippen molar-refractivity contribution in [3.05, 3.63) is 0 Å². The summed E-state index contributed by atoms with van der Waals surface area (Å²) in [5.41, 5.74) is -0.580. The van der Waals surface area contributed by atoms with Gasteiger partial charge in [0, 0.05) is 7.05 Å². The number of amides is 1. The lowest BCUT2D eigenvalue weighted by Gasteiger charge is -2.19. The minimum atomic E-state index is -0.699. The van der Waals surface area contributed by atoms with Crippen LogP contribution in [0.3, 0.4) is 0 Å². The van der Waals surface area contributed by atoms with Crippen LogP contribution in [0.25, 0.3) is 0 Å². The number of ether oxygens (including phenoxy) is 3. The van der Waals surface area contributed by atoms with E-state index >= 15 is 0 Å². The first kappa shape index (κ1) is 16.2. The molecule has 0 fully saturated rings. The van der Waals surface area contributed by atoms with Gasteiger partial charge in [-0.25, -0.2) is 4.79 Å². The van der Waals surface area contributed by atoms with Crippen molar-refractivity contribution in [1.29, 1.82) is 0 Å². The summed E-state index contributed by atoms with van der Waals surface area (Å²) in [6.07, 6.45) is -0.891. The Morgan fingerprint density at radius 2 is 1.56 bits per heavy atom. The lowest BCUT2D eigenvalue weighted by molar-refractivity contribution is -0.160. The highest BCUT2D eigenvalue weighted by molar-refractivity contribution is 5.77. The Kier molecular flexibility index (Phi) is 6.77. The lowest BCUT2D eigenvalue weighted by atomic mass is 10.2. The zero-order chi connectivity index (χ0) is 14.2. The molecule has 0 aliphatic rings. The molecule has 0 aromatic carbocycles. The molecule has 0 heterocycles. The molecule has 0 aliphatic carbocycles. The Labute approximate surface area is 106 Å². The first-order chi connectivity index (χ1) is 8.24. The summed E-state index contributed by atoms with van der Waals surface area (Å²) in [7, 11) is 1.38. The predicted molar refractivity (Wildman–Crippen MR) is 61.6 cm³/mol. The number of hydrogen-bond donors (Lipinski definition) is 1. The summed E-state index contributed by atoms with van der Waals surface area (Å²) in [4.78, 5) is 33.0. The van der Waals surface area contributed by atoms with Gasteiger partial charge in [0.15, 0.2) is 0 Å². The van der Waals surface area contributed by atoms with Gasteiger partial charge in [-0.2, -0.15) is 0 Å². The molecule has 0 radical (unpaired) electrons. The molecule has 0 rings (SSSR count). The van der Waals surface area contributed by atoms with Crippen molar-refractivity contribution in [2.75, 3.05) is 13.8 Å². The minimum absolute atomic E-state index is 0.0733. The third kappa shape index (κ3) is 9.44. The Balaban J connectivity index is 3.71. The van der Waals surface area contributed by atoms with Crippen LogP contribution < -0.4 is 5.32 Å². The van der Waals surface area contributed by atoms with Crippen molar-refractivity contribution in [3.63, 3.8) is 0 Å². The largest absolute Gasteiger partial charge is 0.460 e. The van der Waals surface area contributed by atoms with E-state index in [-0.39, 0.29) is 12.8 Å². The average Bonchev–Trinajstić information content (AvgIpc) is 2.23. The van der Waals surface area contributed by atoms with E-state index in [4.69, 9.17) is 4.74 Å². The van der Waals surface area contributed by atoms with Gasteiger partial charge in [0.05, 0.1) is 12.8 Å². The topological polar surface area (TPSA) is 90.9 Å². The summed E-state index contributed by atoms with van der Waals surface area (Å²) in [6.45, 7) is 4.73. The second-order valence-electron chi connectivity index (χ2n) is 4.40. The summed E-state index contributed by atoms with van der Waals surface area (Å²) in [6, 6.07) is 0. The number of hydrogen-bond acceptors (Lipinski definition) is 6. The van der Waals surface area contributed by atoms with Gasteiger partial charge in [-0.1, -0.05) is 0 Å². The Bertz CT molecular complexity index is 307. The lowest BCUT2D eigenvalue weighted by Crippen LogP contribution is -2.24. The molecule has 7 nitrogen and oxygen atoms in total. The van der Waals surface area contributed by atoms with E-state index in [0.717, 1.165) is 0 Å². The predicted octanol–water partition coefficient (Wildman–Crippen LogP) is 0.965. The maximum absolute atomic E-state index is 11.3. The van der Waals surface area contributed by atoms with Gasteiger partial charge >= 0.3 is 18.0 Å². The van der Waals surface area contributed by atoms with Gasteiger partial charge in [-0.15, -0.1) is 0 Å².